The highest BCUT2D eigenvalue weighted by atomic mass is 35.5. The van der Waals surface area contributed by atoms with Crippen LogP contribution in [0.2, 0.25) is 5.02 Å². The first-order valence-corrected chi connectivity index (χ1v) is 12.6. The molecule has 5 rings (SSSR count). The van der Waals surface area contributed by atoms with Gasteiger partial charge in [-0.2, -0.15) is 5.10 Å². The van der Waals surface area contributed by atoms with E-state index in [2.05, 4.69) is 33.4 Å². The lowest BCUT2D eigenvalue weighted by molar-refractivity contribution is 0.397. The van der Waals surface area contributed by atoms with E-state index in [4.69, 9.17) is 27.8 Å². The molecule has 0 saturated heterocycles. The van der Waals surface area contributed by atoms with Crippen molar-refractivity contribution < 1.29 is 9.13 Å². The van der Waals surface area contributed by atoms with Gasteiger partial charge < -0.3 is 21.5 Å². The third kappa shape index (κ3) is 5.10. The largest absolute Gasteiger partial charge is 0.481 e. The van der Waals surface area contributed by atoms with E-state index in [-0.39, 0.29) is 23.6 Å². The summed E-state index contributed by atoms with van der Waals surface area (Å²) >= 11 is 6.24. The number of amidine groups is 1. The van der Waals surface area contributed by atoms with Gasteiger partial charge >= 0.3 is 0 Å². The average Bonchev–Trinajstić information content (AvgIpc) is 3.52. The van der Waals surface area contributed by atoms with E-state index in [1.807, 2.05) is 23.0 Å². The van der Waals surface area contributed by atoms with E-state index in [0.29, 0.717) is 16.5 Å². The molecule has 1 fully saturated rings. The average molecular weight is 522 g/mol. The maximum atomic E-state index is 13.8. The Hall–Kier alpha value is -3.69. The van der Waals surface area contributed by atoms with Crippen LogP contribution in [0.4, 0.5) is 15.8 Å². The van der Waals surface area contributed by atoms with Gasteiger partial charge in [-0.3, -0.25) is 0 Å². The van der Waals surface area contributed by atoms with Crippen molar-refractivity contribution in [2.24, 2.45) is 16.5 Å². The van der Waals surface area contributed by atoms with Gasteiger partial charge in [0, 0.05) is 47.7 Å². The summed E-state index contributed by atoms with van der Waals surface area (Å²) < 4.78 is 21.0. The van der Waals surface area contributed by atoms with E-state index < -0.39 is 5.82 Å². The van der Waals surface area contributed by atoms with Crippen LogP contribution in [0, 0.1) is 5.82 Å². The van der Waals surface area contributed by atoms with Crippen molar-refractivity contribution in [2.45, 2.75) is 44.7 Å². The normalized spacial score (nSPS) is 17.9. The monoisotopic (exact) mass is 521 g/mol. The number of fused-ring (bicyclic) bond motifs is 1. The molecular formula is C27H29ClFN7O. The minimum atomic E-state index is -0.445. The summed E-state index contributed by atoms with van der Waals surface area (Å²) in [6.07, 6.45) is 8.99. The number of nitrogens with two attached hydrogens (primary N) is 2. The van der Waals surface area contributed by atoms with Crippen molar-refractivity contribution in [3.05, 3.63) is 70.9 Å². The number of hydrogen-bond donors (Lipinski definition) is 3. The Morgan fingerprint density at radius 2 is 2.11 bits per heavy atom. The zero-order valence-corrected chi connectivity index (χ0v) is 21.5. The second-order valence-corrected chi connectivity index (χ2v) is 9.64. The van der Waals surface area contributed by atoms with Crippen LogP contribution in [0.25, 0.3) is 16.6 Å². The number of pyridine rings is 1. The predicted molar refractivity (Wildman–Crippen MR) is 145 cm³/mol. The lowest BCUT2D eigenvalue weighted by Gasteiger charge is -2.18. The summed E-state index contributed by atoms with van der Waals surface area (Å²) in [4.78, 5) is 8.85. The Bertz CT molecular complexity index is 1490. The first-order chi connectivity index (χ1) is 17.9. The molecule has 1 aliphatic rings. The summed E-state index contributed by atoms with van der Waals surface area (Å²) in [5.41, 5.74) is 18.2. The fourth-order valence-electron chi connectivity index (χ4n) is 4.80. The standard InChI is InChI=1S/C27H29ClFN7O/c1-3-15-9-25(37-2)32-12-20(15)16-8-24-26(34-19-6-5-18(30)11-19)21(13-33-36(24)14-16)27(31)35-23-10-17(29)4-7-22(23)28/h4,7-10,12-14,18-19,34H,3,5-6,11,30H2,1-2H3,(H2,31,35)/t18-,19+/m1/s1. The second-order valence-electron chi connectivity index (χ2n) is 9.24. The molecule has 0 unspecified atom stereocenters. The number of nitrogens with one attached hydrogen (secondary N) is 1. The molecule has 192 valence electrons. The van der Waals surface area contributed by atoms with Crippen molar-refractivity contribution in [3.8, 4) is 17.0 Å². The van der Waals surface area contributed by atoms with Crippen molar-refractivity contribution in [2.75, 3.05) is 12.4 Å². The number of methoxy groups -OCH3 is 1. The molecule has 10 heteroatoms. The summed E-state index contributed by atoms with van der Waals surface area (Å²) in [6.45, 7) is 2.09. The SMILES string of the molecule is CCc1cc(OC)ncc1-c1cc2c(N[C@H]3CC[C@@H](N)C3)c(C(N)=Nc3cc(F)ccc3Cl)cnn2c1. The number of rotatable bonds is 7. The smallest absolute Gasteiger partial charge is 0.213 e. The fraction of sp³-hybridized carbons (Fsp3) is 0.296. The maximum Gasteiger partial charge on any atom is 0.213 e. The molecule has 0 amide bonds. The van der Waals surface area contributed by atoms with Crippen LogP contribution in [-0.2, 0) is 6.42 Å². The highest BCUT2D eigenvalue weighted by Gasteiger charge is 2.25. The van der Waals surface area contributed by atoms with Gasteiger partial charge in [-0.1, -0.05) is 18.5 Å². The summed E-state index contributed by atoms with van der Waals surface area (Å²) in [6, 6.07) is 8.32. The van der Waals surface area contributed by atoms with Crippen LogP contribution < -0.4 is 21.5 Å². The van der Waals surface area contributed by atoms with Crippen LogP contribution >= 0.6 is 11.6 Å². The quantitative estimate of drug-likeness (QED) is 0.230. The fourth-order valence-corrected chi connectivity index (χ4v) is 4.96. The topological polar surface area (TPSA) is 116 Å². The summed E-state index contributed by atoms with van der Waals surface area (Å²) in [5.74, 6) is 0.305. The summed E-state index contributed by atoms with van der Waals surface area (Å²) in [7, 11) is 1.61. The van der Waals surface area contributed by atoms with Gasteiger partial charge in [0.05, 0.1) is 40.8 Å². The molecule has 3 heterocycles. The highest BCUT2D eigenvalue weighted by Crippen LogP contribution is 2.34. The molecule has 37 heavy (non-hydrogen) atoms. The third-order valence-electron chi connectivity index (χ3n) is 6.75. The number of nitrogens with zero attached hydrogens (tertiary/aromatic N) is 4. The molecule has 1 aliphatic carbocycles. The Balaban J connectivity index is 1.64. The lowest BCUT2D eigenvalue weighted by Crippen LogP contribution is -2.24. The molecule has 0 spiro atoms. The molecule has 2 atom stereocenters. The van der Waals surface area contributed by atoms with E-state index in [1.165, 1.54) is 18.2 Å². The van der Waals surface area contributed by atoms with Gasteiger partial charge in [-0.25, -0.2) is 18.9 Å². The molecule has 0 radical (unpaired) electrons. The maximum absolute atomic E-state index is 13.8. The lowest BCUT2D eigenvalue weighted by atomic mass is 10.0. The van der Waals surface area contributed by atoms with Gasteiger partial charge in [-0.05, 0) is 49.4 Å². The van der Waals surface area contributed by atoms with E-state index in [9.17, 15) is 4.39 Å². The zero-order chi connectivity index (χ0) is 26.1. The molecule has 0 bridgehead atoms. The van der Waals surface area contributed by atoms with E-state index in [1.54, 1.807) is 13.3 Å². The molecule has 4 aromatic rings. The van der Waals surface area contributed by atoms with Crippen LogP contribution in [0.15, 0.2) is 53.9 Å². The van der Waals surface area contributed by atoms with Gasteiger partial charge in [0.1, 0.15) is 11.7 Å². The van der Waals surface area contributed by atoms with Crippen molar-refractivity contribution in [1.29, 1.82) is 0 Å². The van der Waals surface area contributed by atoms with Gasteiger partial charge in [-0.15, -0.1) is 0 Å². The predicted octanol–water partition coefficient (Wildman–Crippen LogP) is 5.09. The molecule has 3 aromatic heterocycles. The van der Waals surface area contributed by atoms with Crippen LogP contribution in [0.5, 0.6) is 5.88 Å². The molecule has 1 saturated carbocycles. The Labute approximate surface area is 219 Å². The van der Waals surface area contributed by atoms with Crippen LogP contribution in [0.3, 0.4) is 0 Å². The molecule has 1 aromatic carbocycles. The van der Waals surface area contributed by atoms with Crippen molar-refractivity contribution in [3.63, 3.8) is 0 Å². The molecule has 0 aliphatic heterocycles. The van der Waals surface area contributed by atoms with Crippen molar-refractivity contribution in [1.82, 2.24) is 14.6 Å². The number of aromatic nitrogens is 3. The summed E-state index contributed by atoms with van der Waals surface area (Å²) in [5, 5.41) is 8.56. The number of anilines is 1. The second kappa shape index (κ2) is 10.4. The molecule has 5 N–H and O–H groups in total. The van der Waals surface area contributed by atoms with Gasteiger partial charge in [0.25, 0.3) is 0 Å². The first-order valence-electron chi connectivity index (χ1n) is 12.2. The van der Waals surface area contributed by atoms with E-state index in [0.717, 1.165) is 53.6 Å². The van der Waals surface area contributed by atoms with Crippen LogP contribution in [0.1, 0.15) is 37.3 Å². The Morgan fingerprint density at radius 1 is 1.27 bits per heavy atom. The number of hydrogen-bond acceptors (Lipinski definition) is 6. The minimum Gasteiger partial charge on any atom is -0.481 e. The number of halogens is 2. The number of benzene rings is 1. The Morgan fingerprint density at radius 3 is 2.84 bits per heavy atom. The number of aliphatic imine (C=N–C) groups is 1. The third-order valence-corrected chi connectivity index (χ3v) is 7.07. The van der Waals surface area contributed by atoms with Crippen LogP contribution in [-0.4, -0.2) is 39.6 Å². The molecule has 8 nitrogen and oxygen atoms in total. The van der Waals surface area contributed by atoms with Gasteiger partial charge in [0.15, 0.2) is 0 Å². The highest BCUT2D eigenvalue weighted by molar-refractivity contribution is 6.33. The van der Waals surface area contributed by atoms with Crippen molar-refractivity contribution >= 4 is 34.3 Å². The number of aryl methyl sites for hydroxylation is 1. The van der Waals surface area contributed by atoms with E-state index >= 15 is 0 Å². The Kier molecular flexibility index (Phi) is 6.99. The van der Waals surface area contributed by atoms with Gasteiger partial charge in [0.2, 0.25) is 5.88 Å². The minimum absolute atomic E-state index is 0.149. The first kappa shape index (κ1) is 25.0. The number of ether oxygens (including phenoxy) is 1. The zero-order valence-electron chi connectivity index (χ0n) is 20.7. The molecular weight excluding hydrogens is 493 g/mol.